The van der Waals surface area contributed by atoms with Gasteiger partial charge in [0.2, 0.25) is 5.91 Å². The summed E-state index contributed by atoms with van der Waals surface area (Å²) in [6.07, 6.45) is 2.30. The van der Waals surface area contributed by atoms with Gasteiger partial charge in [0.25, 0.3) is 0 Å². The van der Waals surface area contributed by atoms with Crippen LogP contribution in [0.1, 0.15) is 47.9 Å². The molecule has 38 heavy (non-hydrogen) atoms. The van der Waals surface area contributed by atoms with Gasteiger partial charge in [-0.3, -0.25) is 9.69 Å². The molecule has 0 spiro atoms. The number of piperazine rings is 1. The Kier molecular flexibility index (Phi) is 8.09. The minimum absolute atomic E-state index is 0.0423. The first-order valence-corrected chi connectivity index (χ1v) is 14.3. The van der Waals surface area contributed by atoms with Crippen LogP contribution in [0.15, 0.2) is 60.0 Å². The van der Waals surface area contributed by atoms with Gasteiger partial charge in [0.1, 0.15) is 5.82 Å². The highest BCUT2D eigenvalue weighted by atomic mass is 32.1. The van der Waals surface area contributed by atoms with Gasteiger partial charge in [-0.25, -0.2) is 9.18 Å². The fraction of sp³-hybridized carbons (Fsp3) is 0.400. The Morgan fingerprint density at radius 2 is 1.89 bits per heavy atom. The number of carbonyl (C=O) groups excluding carboxylic acids is 2. The summed E-state index contributed by atoms with van der Waals surface area (Å²) in [5, 5.41) is 5.09. The van der Waals surface area contributed by atoms with E-state index in [1.165, 1.54) is 22.1 Å². The molecule has 3 amide bonds. The molecule has 1 fully saturated rings. The second-order valence-electron chi connectivity index (χ2n) is 10.2. The van der Waals surface area contributed by atoms with Crippen molar-refractivity contribution in [2.75, 3.05) is 38.0 Å². The van der Waals surface area contributed by atoms with Crippen molar-refractivity contribution in [1.29, 1.82) is 0 Å². The molecule has 1 saturated heterocycles. The molecule has 2 aliphatic heterocycles. The van der Waals surface area contributed by atoms with Crippen LogP contribution < -0.4 is 5.32 Å². The lowest BCUT2D eigenvalue weighted by Crippen LogP contribution is -2.56. The summed E-state index contributed by atoms with van der Waals surface area (Å²) in [6, 6.07) is 16.6. The number of fused-ring (bicyclic) bond motifs is 1. The van der Waals surface area contributed by atoms with E-state index < -0.39 is 0 Å². The lowest BCUT2D eigenvalue weighted by atomic mass is 9.93. The number of amides is 3. The smallest absolute Gasteiger partial charge is 0.322 e. The third-order valence-corrected chi connectivity index (χ3v) is 8.69. The third kappa shape index (κ3) is 5.76. The van der Waals surface area contributed by atoms with Crippen LogP contribution in [-0.4, -0.2) is 65.4 Å². The minimum atomic E-state index is -0.241. The maximum atomic E-state index is 14.1. The number of benzene rings is 2. The van der Waals surface area contributed by atoms with Crippen molar-refractivity contribution in [1.82, 2.24) is 14.7 Å². The van der Waals surface area contributed by atoms with Crippen LogP contribution in [0.2, 0.25) is 0 Å². The van der Waals surface area contributed by atoms with Crippen molar-refractivity contribution in [2.45, 2.75) is 45.2 Å². The number of urea groups is 1. The molecule has 0 aliphatic carbocycles. The zero-order chi connectivity index (χ0) is 26.6. The molecule has 0 saturated carbocycles. The number of nitrogens with one attached hydrogen (secondary N) is 1. The molecule has 3 aromatic rings. The van der Waals surface area contributed by atoms with Crippen molar-refractivity contribution >= 4 is 29.0 Å². The quantitative estimate of drug-likeness (QED) is 0.451. The Bertz CT molecular complexity index is 1280. The van der Waals surface area contributed by atoms with Crippen molar-refractivity contribution in [3.63, 3.8) is 0 Å². The van der Waals surface area contributed by atoms with E-state index >= 15 is 0 Å². The Labute approximate surface area is 228 Å². The average Bonchev–Trinajstić information content (AvgIpc) is 3.40. The number of halogens is 1. The van der Waals surface area contributed by atoms with Crippen LogP contribution >= 0.6 is 11.3 Å². The molecule has 1 N–H and O–H groups in total. The summed E-state index contributed by atoms with van der Waals surface area (Å²) in [5.74, 6) is -0.143. The van der Waals surface area contributed by atoms with Crippen molar-refractivity contribution < 1.29 is 14.0 Å². The van der Waals surface area contributed by atoms with E-state index in [1.807, 2.05) is 42.2 Å². The van der Waals surface area contributed by atoms with E-state index in [-0.39, 0.29) is 29.8 Å². The Morgan fingerprint density at radius 1 is 1.08 bits per heavy atom. The Hall–Kier alpha value is -3.23. The highest BCUT2D eigenvalue weighted by Crippen LogP contribution is 2.38. The number of nitrogens with zero attached hydrogens (tertiary/aromatic N) is 3. The van der Waals surface area contributed by atoms with Gasteiger partial charge in [-0.1, -0.05) is 31.2 Å². The topological polar surface area (TPSA) is 55.9 Å². The lowest BCUT2D eigenvalue weighted by Gasteiger charge is -2.40. The van der Waals surface area contributed by atoms with Crippen LogP contribution in [0.5, 0.6) is 0 Å². The van der Waals surface area contributed by atoms with Gasteiger partial charge in [-0.05, 0) is 72.2 Å². The van der Waals surface area contributed by atoms with E-state index in [0.29, 0.717) is 32.6 Å². The second kappa shape index (κ2) is 11.7. The van der Waals surface area contributed by atoms with Crippen LogP contribution in [-0.2, 0) is 17.6 Å². The summed E-state index contributed by atoms with van der Waals surface area (Å²) in [6.45, 7) is 7.08. The van der Waals surface area contributed by atoms with E-state index in [9.17, 15) is 14.0 Å². The summed E-state index contributed by atoms with van der Waals surface area (Å²) in [7, 11) is 0. The summed E-state index contributed by atoms with van der Waals surface area (Å²) in [4.78, 5) is 33.4. The van der Waals surface area contributed by atoms with Crippen molar-refractivity contribution in [2.24, 2.45) is 0 Å². The normalized spacial score (nSPS) is 19.8. The molecule has 2 aliphatic rings. The molecule has 200 valence electrons. The van der Waals surface area contributed by atoms with Gasteiger partial charge in [-0.15, -0.1) is 11.3 Å². The number of hydrogen-bond acceptors (Lipinski definition) is 4. The first-order valence-electron chi connectivity index (χ1n) is 13.4. The molecule has 2 atom stereocenters. The summed E-state index contributed by atoms with van der Waals surface area (Å²) >= 11 is 1.75. The maximum Gasteiger partial charge on any atom is 0.322 e. The monoisotopic (exact) mass is 534 g/mol. The second-order valence-corrected chi connectivity index (χ2v) is 11.2. The average molecular weight is 535 g/mol. The molecule has 0 unspecified atom stereocenters. The fourth-order valence-electron chi connectivity index (χ4n) is 5.58. The number of carbonyl (C=O) groups is 2. The molecule has 3 heterocycles. The van der Waals surface area contributed by atoms with E-state index in [1.54, 1.807) is 28.4 Å². The highest BCUT2D eigenvalue weighted by Gasteiger charge is 2.32. The van der Waals surface area contributed by atoms with Crippen LogP contribution in [0.4, 0.5) is 14.9 Å². The first-order chi connectivity index (χ1) is 18.4. The molecule has 0 radical (unpaired) electrons. The van der Waals surface area contributed by atoms with Gasteiger partial charge in [-0.2, -0.15) is 0 Å². The zero-order valence-electron chi connectivity index (χ0n) is 22.0. The predicted octanol–water partition coefficient (Wildman–Crippen LogP) is 5.55. The minimum Gasteiger partial charge on any atom is -0.339 e. The Morgan fingerprint density at radius 3 is 2.63 bits per heavy atom. The van der Waals surface area contributed by atoms with Crippen LogP contribution in [0, 0.1) is 5.82 Å². The first kappa shape index (κ1) is 26.4. The highest BCUT2D eigenvalue weighted by molar-refractivity contribution is 7.10. The Balaban J connectivity index is 1.17. The van der Waals surface area contributed by atoms with Gasteiger partial charge < -0.3 is 15.1 Å². The number of aryl methyl sites for hydroxylation is 1. The number of thiophene rings is 1. The number of hydrogen-bond donors (Lipinski definition) is 1. The largest absolute Gasteiger partial charge is 0.339 e. The van der Waals surface area contributed by atoms with E-state index in [4.69, 9.17) is 0 Å². The SMILES string of the molecule is CCc1ccc(NC(=O)N2CCN(C(=O)CCN3CCc4sccc4[C@H]3c3cccc(F)c3)C[C@@H]2C)cc1. The van der Waals surface area contributed by atoms with Gasteiger partial charge in [0, 0.05) is 55.8 Å². The van der Waals surface area contributed by atoms with Crippen LogP contribution in [0.3, 0.4) is 0 Å². The lowest BCUT2D eigenvalue weighted by molar-refractivity contribution is -0.134. The molecular weight excluding hydrogens is 499 g/mol. The third-order valence-electron chi connectivity index (χ3n) is 7.70. The number of anilines is 1. The van der Waals surface area contributed by atoms with E-state index in [2.05, 4.69) is 28.6 Å². The number of rotatable bonds is 6. The van der Waals surface area contributed by atoms with E-state index in [0.717, 1.165) is 30.6 Å². The molecule has 8 heteroatoms. The van der Waals surface area contributed by atoms with Crippen molar-refractivity contribution in [3.8, 4) is 0 Å². The molecule has 1 aromatic heterocycles. The molecular formula is C30H35FN4O2S. The van der Waals surface area contributed by atoms with Gasteiger partial charge >= 0.3 is 6.03 Å². The zero-order valence-corrected chi connectivity index (χ0v) is 22.8. The maximum absolute atomic E-state index is 14.1. The molecule has 6 nitrogen and oxygen atoms in total. The van der Waals surface area contributed by atoms with Gasteiger partial charge in [0.05, 0.1) is 6.04 Å². The van der Waals surface area contributed by atoms with Crippen LogP contribution in [0.25, 0.3) is 0 Å². The van der Waals surface area contributed by atoms with Gasteiger partial charge in [0.15, 0.2) is 0 Å². The summed E-state index contributed by atoms with van der Waals surface area (Å²) < 4.78 is 14.1. The molecule has 2 aromatic carbocycles. The van der Waals surface area contributed by atoms with Crippen molar-refractivity contribution in [3.05, 3.63) is 87.4 Å². The molecule has 5 rings (SSSR count). The standard InChI is InChI=1S/C30H35FN4O2S/c1-3-22-7-9-25(10-8-22)32-30(37)35-17-16-34(20-21(35)2)28(36)12-15-33-14-11-27-26(13-18-38-27)29(33)23-5-4-6-24(31)19-23/h4-10,13,18-19,21,29H,3,11-12,14-17,20H2,1-2H3,(H,32,37)/t21-,29+/m0/s1. The molecule has 0 bridgehead atoms. The fourth-order valence-corrected chi connectivity index (χ4v) is 6.48. The summed E-state index contributed by atoms with van der Waals surface area (Å²) in [5.41, 5.74) is 4.15. The predicted molar refractivity (Wildman–Crippen MR) is 150 cm³/mol.